The zero-order chi connectivity index (χ0) is 14.8. The van der Waals surface area contributed by atoms with E-state index in [0.717, 1.165) is 23.1 Å². The second-order valence-corrected chi connectivity index (χ2v) is 6.67. The molecule has 0 aliphatic carbocycles. The fourth-order valence-electron chi connectivity index (χ4n) is 1.59. The van der Waals surface area contributed by atoms with Crippen molar-refractivity contribution in [3.63, 3.8) is 0 Å². The Bertz CT molecular complexity index is 679. The Morgan fingerprint density at radius 3 is 2.40 bits per heavy atom. The predicted molar refractivity (Wildman–Crippen MR) is 69.8 cm³/mol. The smallest absolute Gasteiger partial charge is 0.207 e. The molecule has 0 spiro atoms. The van der Waals surface area contributed by atoms with Crippen molar-refractivity contribution < 1.29 is 21.6 Å². The zero-order valence-corrected chi connectivity index (χ0v) is 11.6. The maximum Gasteiger partial charge on any atom is 0.417 e. The van der Waals surface area contributed by atoms with Crippen molar-refractivity contribution >= 4 is 21.4 Å². The SMILES string of the molecule is O=S(=O)(NCc1cccs1)c1ccccc1C(F)(F)F. The van der Waals surface area contributed by atoms with Crippen molar-refractivity contribution in [3.8, 4) is 0 Å². The van der Waals surface area contributed by atoms with Crippen LogP contribution in [0.1, 0.15) is 10.4 Å². The summed E-state index contributed by atoms with van der Waals surface area (Å²) in [5, 5.41) is 1.76. The molecular formula is C12H10F3NO2S2. The van der Waals surface area contributed by atoms with Crippen LogP contribution in [0.3, 0.4) is 0 Å². The average molecular weight is 321 g/mol. The van der Waals surface area contributed by atoms with Gasteiger partial charge in [0.15, 0.2) is 0 Å². The van der Waals surface area contributed by atoms with Crippen LogP contribution in [0.15, 0.2) is 46.7 Å². The van der Waals surface area contributed by atoms with Gasteiger partial charge in [0.05, 0.1) is 10.5 Å². The summed E-state index contributed by atoms with van der Waals surface area (Å²) in [6, 6.07) is 7.54. The highest BCUT2D eigenvalue weighted by molar-refractivity contribution is 7.89. The van der Waals surface area contributed by atoms with Gasteiger partial charge >= 0.3 is 6.18 Å². The van der Waals surface area contributed by atoms with Crippen LogP contribution in [0.5, 0.6) is 0 Å². The number of halogens is 3. The van der Waals surface area contributed by atoms with Crippen molar-refractivity contribution in [3.05, 3.63) is 52.2 Å². The van der Waals surface area contributed by atoms with Gasteiger partial charge in [-0.25, -0.2) is 13.1 Å². The number of sulfonamides is 1. The van der Waals surface area contributed by atoms with Gasteiger partial charge in [-0.3, -0.25) is 0 Å². The lowest BCUT2D eigenvalue weighted by Crippen LogP contribution is -2.25. The Morgan fingerprint density at radius 2 is 1.80 bits per heavy atom. The van der Waals surface area contributed by atoms with Crippen molar-refractivity contribution in [1.29, 1.82) is 0 Å². The predicted octanol–water partition coefficient (Wildman–Crippen LogP) is 3.25. The van der Waals surface area contributed by atoms with Crippen LogP contribution in [0.2, 0.25) is 0 Å². The Kier molecular flexibility index (Phi) is 4.17. The summed E-state index contributed by atoms with van der Waals surface area (Å²) in [7, 11) is -4.21. The highest BCUT2D eigenvalue weighted by atomic mass is 32.2. The minimum atomic E-state index is -4.71. The maximum atomic E-state index is 12.8. The quantitative estimate of drug-likeness (QED) is 0.939. The van der Waals surface area contributed by atoms with Gasteiger partial charge in [-0.2, -0.15) is 13.2 Å². The molecule has 1 N–H and O–H groups in total. The molecule has 0 saturated carbocycles. The second-order valence-electron chi connectivity index (χ2n) is 3.90. The molecule has 0 fully saturated rings. The van der Waals surface area contributed by atoms with Crippen LogP contribution in [-0.2, 0) is 22.7 Å². The Morgan fingerprint density at radius 1 is 1.10 bits per heavy atom. The lowest BCUT2D eigenvalue weighted by atomic mass is 10.2. The molecule has 0 aliphatic heterocycles. The molecule has 0 unspecified atom stereocenters. The molecule has 0 radical (unpaired) electrons. The molecule has 1 aromatic heterocycles. The summed E-state index contributed by atoms with van der Waals surface area (Å²) in [6.07, 6.45) is -4.71. The normalized spacial score (nSPS) is 12.6. The van der Waals surface area contributed by atoms with E-state index in [2.05, 4.69) is 4.72 Å². The first-order chi connectivity index (χ1) is 9.31. The van der Waals surface area contributed by atoms with Gasteiger partial charge in [0.25, 0.3) is 0 Å². The molecule has 1 aromatic carbocycles. The average Bonchev–Trinajstić information content (AvgIpc) is 2.89. The summed E-state index contributed by atoms with van der Waals surface area (Å²) in [4.78, 5) is -0.0397. The minimum Gasteiger partial charge on any atom is -0.207 e. The molecule has 2 rings (SSSR count). The lowest BCUT2D eigenvalue weighted by molar-refractivity contribution is -0.139. The Labute approximate surface area is 118 Å². The zero-order valence-electron chi connectivity index (χ0n) is 10.0. The number of alkyl halides is 3. The molecule has 1 heterocycles. The van der Waals surface area contributed by atoms with Gasteiger partial charge in [0.2, 0.25) is 10.0 Å². The topological polar surface area (TPSA) is 46.2 Å². The van der Waals surface area contributed by atoms with E-state index in [1.165, 1.54) is 17.4 Å². The molecule has 2 aromatic rings. The Balaban J connectivity index is 2.30. The number of nitrogens with one attached hydrogen (secondary N) is 1. The van der Waals surface area contributed by atoms with Gasteiger partial charge in [-0.15, -0.1) is 11.3 Å². The number of hydrogen-bond acceptors (Lipinski definition) is 3. The molecule has 0 atom stereocenters. The van der Waals surface area contributed by atoms with Gasteiger partial charge in [0.1, 0.15) is 0 Å². The van der Waals surface area contributed by atoms with E-state index >= 15 is 0 Å². The maximum absolute atomic E-state index is 12.8. The summed E-state index contributed by atoms with van der Waals surface area (Å²) >= 11 is 1.32. The lowest BCUT2D eigenvalue weighted by Gasteiger charge is -2.13. The van der Waals surface area contributed by atoms with E-state index in [-0.39, 0.29) is 6.54 Å². The largest absolute Gasteiger partial charge is 0.417 e. The molecule has 3 nitrogen and oxygen atoms in total. The molecule has 0 saturated heterocycles. The first-order valence-electron chi connectivity index (χ1n) is 5.49. The number of thiophene rings is 1. The third-order valence-electron chi connectivity index (χ3n) is 2.50. The van der Waals surface area contributed by atoms with Gasteiger partial charge in [-0.05, 0) is 23.6 Å². The molecule has 8 heteroatoms. The monoisotopic (exact) mass is 321 g/mol. The van der Waals surface area contributed by atoms with Crippen LogP contribution in [0.4, 0.5) is 13.2 Å². The fourth-order valence-corrected chi connectivity index (χ4v) is 3.56. The molecular weight excluding hydrogens is 311 g/mol. The van der Waals surface area contributed by atoms with E-state index in [1.807, 2.05) is 0 Å². The third-order valence-corrected chi connectivity index (χ3v) is 4.83. The molecule has 20 heavy (non-hydrogen) atoms. The first-order valence-corrected chi connectivity index (χ1v) is 7.85. The van der Waals surface area contributed by atoms with Gasteiger partial charge < -0.3 is 0 Å². The van der Waals surface area contributed by atoms with E-state index in [1.54, 1.807) is 17.5 Å². The summed E-state index contributed by atoms with van der Waals surface area (Å²) < 4.78 is 64.6. The number of hydrogen-bond donors (Lipinski definition) is 1. The fraction of sp³-hybridized carbons (Fsp3) is 0.167. The summed E-state index contributed by atoms with van der Waals surface area (Å²) in [6.45, 7) is -0.0355. The molecule has 108 valence electrons. The van der Waals surface area contributed by atoms with Crippen LogP contribution in [0.25, 0.3) is 0 Å². The number of benzene rings is 1. The molecule has 0 amide bonds. The minimum absolute atomic E-state index is 0.0355. The third kappa shape index (κ3) is 3.38. The summed E-state index contributed by atoms with van der Waals surface area (Å²) in [5.41, 5.74) is -1.17. The van der Waals surface area contributed by atoms with Crippen molar-refractivity contribution in [1.82, 2.24) is 4.72 Å². The first kappa shape index (κ1) is 15.0. The van der Waals surface area contributed by atoms with Crippen LogP contribution in [0, 0.1) is 0 Å². The van der Waals surface area contributed by atoms with E-state index < -0.39 is 26.7 Å². The van der Waals surface area contributed by atoms with E-state index in [9.17, 15) is 21.6 Å². The van der Waals surface area contributed by atoms with E-state index in [4.69, 9.17) is 0 Å². The van der Waals surface area contributed by atoms with Crippen molar-refractivity contribution in [2.45, 2.75) is 17.6 Å². The van der Waals surface area contributed by atoms with Crippen LogP contribution < -0.4 is 4.72 Å². The highest BCUT2D eigenvalue weighted by Crippen LogP contribution is 2.33. The summed E-state index contributed by atoms with van der Waals surface area (Å²) in [5.74, 6) is 0. The van der Waals surface area contributed by atoms with Crippen LogP contribution >= 0.6 is 11.3 Å². The van der Waals surface area contributed by atoms with Crippen molar-refractivity contribution in [2.75, 3.05) is 0 Å². The Hall–Kier alpha value is -1.38. The van der Waals surface area contributed by atoms with Crippen LogP contribution in [-0.4, -0.2) is 8.42 Å². The van der Waals surface area contributed by atoms with E-state index in [0.29, 0.717) is 0 Å². The number of rotatable bonds is 4. The van der Waals surface area contributed by atoms with Gasteiger partial charge in [0, 0.05) is 11.4 Å². The van der Waals surface area contributed by atoms with Crippen molar-refractivity contribution in [2.24, 2.45) is 0 Å². The molecule has 0 bridgehead atoms. The second kappa shape index (κ2) is 5.55. The standard InChI is InChI=1S/C12H10F3NO2S2/c13-12(14,15)10-5-1-2-6-11(10)20(17,18)16-8-9-4-3-7-19-9/h1-7,16H,8H2. The van der Waals surface area contributed by atoms with Gasteiger partial charge in [-0.1, -0.05) is 18.2 Å². The molecule has 0 aliphatic rings. The highest BCUT2D eigenvalue weighted by Gasteiger charge is 2.36.